The van der Waals surface area contributed by atoms with Crippen molar-refractivity contribution < 1.29 is 9.53 Å². The molecule has 0 saturated carbocycles. The molecule has 0 aliphatic carbocycles. The van der Waals surface area contributed by atoms with Gasteiger partial charge in [-0.3, -0.25) is 14.7 Å². The Morgan fingerprint density at radius 2 is 1.90 bits per heavy atom. The van der Waals surface area contributed by atoms with Crippen LogP contribution in [0.5, 0.6) is 0 Å². The number of para-hydroxylation sites is 1. The molecule has 7 heteroatoms. The molecular formula is C22H23N5O2. The molecule has 1 aromatic carbocycles. The highest BCUT2D eigenvalue weighted by molar-refractivity contribution is 5.80. The van der Waals surface area contributed by atoms with Crippen LogP contribution in [0.25, 0.3) is 16.9 Å². The van der Waals surface area contributed by atoms with Crippen LogP contribution in [-0.4, -0.2) is 57.9 Å². The third kappa shape index (κ3) is 3.79. The van der Waals surface area contributed by atoms with Gasteiger partial charge in [-0.2, -0.15) is 5.10 Å². The molecule has 2 aliphatic rings. The maximum atomic E-state index is 12.3. The topological polar surface area (TPSA) is 72.3 Å². The van der Waals surface area contributed by atoms with Crippen LogP contribution in [0.2, 0.25) is 0 Å². The Labute approximate surface area is 169 Å². The number of pyridine rings is 1. The van der Waals surface area contributed by atoms with Gasteiger partial charge in [0, 0.05) is 49.4 Å². The third-order valence-corrected chi connectivity index (χ3v) is 5.47. The number of carbonyl (C=O) groups excluding carboxylic acids is 1. The molecular weight excluding hydrogens is 366 g/mol. The highest BCUT2D eigenvalue weighted by Crippen LogP contribution is 2.26. The van der Waals surface area contributed by atoms with Gasteiger partial charge in [-0.05, 0) is 24.3 Å². The van der Waals surface area contributed by atoms with Crippen LogP contribution in [0.3, 0.4) is 0 Å². The fourth-order valence-electron chi connectivity index (χ4n) is 4.08. The summed E-state index contributed by atoms with van der Waals surface area (Å²) in [5, 5.41) is 7.98. The number of fused-ring (bicyclic) bond motifs is 3. The van der Waals surface area contributed by atoms with Crippen molar-refractivity contribution in [1.82, 2.24) is 25.0 Å². The molecule has 0 spiro atoms. The molecule has 2 saturated heterocycles. The molecule has 0 radical (unpaired) electrons. The van der Waals surface area contributed by atoms with Crippen molar-refractivity contribution in [2.45, 2.75) is 12.6 Å². The van der Waals surface area contributed by atoms with Gasteiger partial charge in [-0.25, -0.2) is 4.68 Å². The van der Waals surface area contributed by atoms with Crippen LogP contribution < -0.4 is 5.32 Å². The Balaban J connectivity index is 1.49. The van der Waals surface area contributed by atoms with Crippen molar-refractivity contribution in [2.75, 3.05) is 26.3 Å². The average Bonchev–Trinajstić information content (AvgIpc) is 3.00. The summed E-state index contributed by atoms with van der Waals surface area (Å²) in [6.45, 7) is 3.24. The molecule has 0 unspecified atom stereocenters. The van der Waals surface area contributed by atoms with Crippen LogP contribution in [-0.2, 0) is 16.1 Å². The first-order valence-corrected chi connectivity index (χ1v) is 9.91. The van der Waals surface area contributed by atoms with E-state index in [9.17, 15) is 4.79 Å². The summed E-state index contributed by atoms with van der Waals surface area (Å²) in [6.07, 6.45) is 5.67. The maximum absolute atomic E-state index is 12.3. The first-order valence-electron chi connectivity index (χ1n) is 9.91. The van der Waals surface area contributed by atoms with Crippen LogP contribution in [0.15, 0.2) is 61.1 Å². The van der Waals surface area contributed by atoms with Gasteiger partial charge < -0.3 is 10.1 Å². The van der Waals surface area contributed by atoms with E-state index in [1.165, 1.54) is 0 Å². The van der Waals surface area contributed by atoms with Crippen molar-refractivity contribution in [3.05, 3.63) is 66.6 Å². The number of hydrogen-bond donors (Lipinski definition) is 1. The number of hydrogen-bond acceptors (Lipinski definition) is 5. The Bertz CT molecular complexity index is 989. The number of ether oxygens (including phenoxy) is 1. The first kappa shape index (κ1) is 18.0. The zero-order chi connectivity index (χ0) is 19.6. The van der Waals surface area contributed by atoms with E-state index in [4.69, 9.17) is 9.84 Å². The number of rotatable bonds is 4. The Morgan fingerprint density at radius 3 is 2.72 bits per heavy atom. The molecule has 1 N–H and O–H groups in total. The van der Waals surface area contributed by atoms with E-state index < -0.39 is 0 Å². The Kier molecular flexibility index (Phi) is 4.83. The largest absolute Gasteiger partial charge is 0.378 e. The van der Waals surface area contributed by atoms with Gasteiger partial charge in [0.05, 0.1) is 36.6 Å². The highest BCUT2D eigenvalue weighted by Gasteiger charge is 2.33. The van der Waals surface area contributed by atoms with Crippen molar-refractivity contribution in [2.24, 2.45) is 5.92 Å². The van der Waals surface area contributed by atoms with E-state index in [1.807, 2.05) is 47.1 Å². The summed E-state index contributed by atoms with van der Waals surface area (Å²) in [7, 11) is 0. The molecule has 7 nitrogen and oxygen atoms in total. The minimum Gasteiger partial charge on any atom is -0.378 e. The van der Waals surface area contributed by atoms with Crippen molar-refractivity contribution >= 4 is 5.91 Å². The van der Waals surface area contributed by atoms with Crippen molar-refractivity contribution in [3.63, 3.8) is 0 Å². The lowest BCUT2D eigenvalue weighted by atomic mass is 10.1. The lowest BCUT2D eigenvalue weighted by Gasteiger charge is -2.27. The fraction of sp³-hybridized carbons (Fsp3) is 0.318. The number of amides is 1. The number of nitrogens with one attached hydrogen (secondary N) is 1. The highest BCUT2D eigenvalue weighted by atomic mass is 16.5. The smallest absolute Gasteiger partial charge is 0.227 e. The molecule has 1 amide bonds. The Hall–Kier alpha value is -3.03. The lowest BCUT2D eigenvalue weighted by molar-refractivity contribution is -0.125. The fourth-order valence-corrected chi connectivity index (χ4v) is 4.08. The van der Waals surface area contributed by atoms with Gasteiger partial charge >= 0.3 is 0 Å². The summed E-state index contributed by atoms with van der Waals surface area (Å²) >= 11 is 0. The average molecular weight is 389 g/mol. The molecule has 2 bridgehead atoms. The van der Waals surface area contributed by atoms with E-state index in [-0.39, 0.29) is 17.9 Å². The SMILES string of the molecule is O=C1N[C@@H]2COC[C@H]1CN(Cc1cn(-c3ccccc3)nc1-c1ccncc1)C2. The molecule has 4 heterocycles. The van der Waals surface area contributed by atoms with Crippen LogP contribution >= 0.6 is 0 Å². The van der Waals surface area contributed by atoms with Crippen LogP contribution in [0.4, 0.5) is 0 Å². The van der Waals surface area contributed by atoms with E-state index in [0.717, 1.165) is 35.6 Å². The molecule has 3 aromatic rings. The number of aromatic nitrogens is 3. The summed E-state index contributed by atoms with van der Waals surface area (Å²) in [4.78, 5) is 18.8. The standard InChI is InChI=1S/C22H23N5O2/c28-22-18-11-26(13-19(24-22)15-29-14-18)10-17-12-27(20-4-2-1-3-5-20)25-21(17)16-6-8-23-9-7-16/h1-9,12,18-19H,10-11,13-15H2,(H,24,28)/t18-,19+/m1/s1. The Morgan fingerprint density at radius 1 is 1.07 bits per heavy atom. The normalized spacial score (nSPS) is 22.1. The third-order valence-electron chi connectivity index (χ3n) is 5.47. The van der Waals surface area contributed by atoms with Crippen LogP contribution in [0, 0.1) is 5.92 Å². The molecule has 2 aliphatic heterocycles. The molecule has 29 heavy (non-hydrogen) atoms. The van der Waals surface area contributed by atoms with E-state index in [0.29, 0.717) is 19.8 Å². The van der Waals surface area contributed by atoms with Gasteiger partial charge in [-0.15, -0.1) is 0 Å². The van der Waals surface area contributed by atoms with E-state index >= 15 is 0 Å². The van der Waals surface area contributed by atoms with Gasteiger partial charge in [0.25, 0.3) is 0 Å². The zero-order valence-corrected chi connectivity index (χ0v) is 16.1. The molecule has 2 atom stereocenters. The maximum Gasteiger partial charge on any atom is 0.227 e. The predicted octanol–water partition coefficient (Wildman–Crippen LogP) is 1.88. The zero-order valence-electron chi connectivity index (χ0n) is 16.1. The summed E-state index contributed by atoms with van der Waals surface area (Å²) in [6, 6.07) is 14.1. The molecule has 2 aromatic heterocycles. The van der Waals surface area contributed by atoms with Crippen LogP contribution in [0.1, 0.15) is 5.56 Å². The quantitative estimate of drug-likeness (QED) is 0.738. The summed E-state index contributed by atoms with van der Waals surface area (Å²) < 4.78 is 7.58. The first-order chi connectivity index (χ1) is 14.3. The predicted molar refractivity (Wildman–Crippen MR) is 108 cm³/mol. The summed E-state index contributed by atoms with van der Waals surface area (Å²) in [5.74, 6) is -0.0274. The number of nitrogens with zero attached hydrogens (tertiary/aromatic N) is 4. The van der Waals surface area contributed by atoms with Gasteiger partial charge in [0.1, 0.15) is 0 Å². The lowest BCUT2D eigenvalue weighted by Crippen LogP contribution is -2.41. The monoisotopic (exact) mass is 389 g/mol. The van der Waals surface area contributed by atoms with E-state index in [2.05, 4.69) is 21.4 Å². The van der Waals surface area contributed by atoms with Gasteiger partial charge in [0.15, 0.2) is 0 Å². The van der Waals surface area contributed by atoms with Crippen molar-refractivity contribution in [3.8, 4) is 16.9 Å². The second kappa shape index (κ2) is 7.77. The molecule has 148 valence electrons. The number of benzene rings is 1. The van der Waals surface area contributed by atoms with Gasteiger partial charge in [-0.1, -0.05) is 18.2 Å². The second-order valence-corrected chi connectivity index (χ2v) is 7.65. The second-order valence-electron chi connectivity index (χ2n) is 7.65. The van der Waals surface area contributed by atoms with Gasteiger partial charge in [0.2, 0.25) is 5.91 Å². The molecule has 5 rings (SSSR count). The van der Waals surface area contributed by atoms with E-state index in [1.54, 1.807) is 12.4 Å². The number of carbonyl (C=O) groups is 1. The minimum atomic E-state index is -0.129. The minimum absolute atomic E-state index is 0.0311. The summed E-state index contributed by atoms with van der Waals surface area (Å²) in [5.41, 5.74) is 4.14. The van der Waals surface area contributed by atoms with Crippen molar-refractivity contribution in [1.29, 1.82) is 0 Å². The molecule has 2 fully saturated rings.